The Bertz CT molecular complexity index is 929. The number of benzene rings is 3. The van der Waals surface area contributed by atoms with Crippen LogP contribution in [-0.2, 0) is 0 Å². The molecule has 0 saturated heterocycles. The van der Waals surface area contributed by atoms with Gasteiger partial charge in [-0.25, -0.2) is 0 Å². The number of carbonyl (C=O) groups is 1. The fourth-order valence-corrected chi connectivity index (χ4v) is 3.57. The fourth-order valence-electron chi connectivity index (χ4n) is 2.82. The van der Waals surface area contributed by atoms with Crippen molar-refractivity contribution in [2.75, 3.05) is 19.0 Å². The van der Waals surface area contributed by atoms with Crippen molar-refractivity contribution in [2.24, 2.45) is 0 Å². The van der Waals surface area contributed by atoms with Gasteiger partial charge in [0.25, 0.3) is 5.91 Å². The first-order chi connectivity index (χ1) is 14.6. The lowest BCUT2D eigenvalue weighted by Crippen LogP contribution is -2.36. The highest BCUT2D eigenvalue weighted by atomic mass is 32.2. The molecule has 0 heterocycles. The van der Waals surface area contributed by atoms with Gasteiger partial charge in [0.15, 0.2) is 0 Å². The molecular formula is C25H27NO3S. The Morgan fingerprint density at radius 2 is 1.63 bits per heavy atom. The molecule has 1 atom stereocenters. The van der Waals surface area contributed by atoms with Crippen LogP contribution in [0.1, 0.15) is 22.8 Å². The Morgan fingerprint density at radius 1 is 0.933 bits per heavy atom. The molecule has 4 nitrogen and oxygen atoms in total. The average Bonchev–Trinajstić information content (AvgIpc) is 2.77. The molecular weight excluding hydrogens is 394 g/mol. The summed E-state index contributed by atoms with van der Waals surface area (Å²) in [5, 5.41) is 2.97. The van der Waals surface area contributed by atoms with Gasteiger partial charge in [-0.3, -0.25) is 4.79 Å². The van der Waals surface area contributed by atoms with Crippen molar-refractivity contribution in [3.8, 4) is 11.5 Å². The lowest BCUT2D eigenvalue weighted by Gasteiger charge is -2.16. The van der Waals surface area contributed by atoms with Crippen LogP contribution in [0.15, 0.2) is 83.8 Å². The van der Waals surface area contributed by atoms with Crippen molar-refractivity contribution in [2.45, 2.75) is 24.8 Å². The van der Waals surface area contributed by atoms with Gasteiger partial charge in [-0.2, -0.15) is 0 Å². The average molecular weight is 422 g/mol. The Morgan fingerprint density at radius 3 is 2.37 bits per heavy atom. The van der Waals surface area contributed by atoms with Gasteiger partial charge >= 0.3 is 0 Å². The van der Waals surface area contributed by atoms with E-state index in [1.165, 1.54) is 4.90 Å². The third-order valence-corrected chi connectivity index (χ3v) is 5.42. The van der Waals surface area contributed by atoms with Crippen LogP contribution in [0, 0.1) is 6.92 Å². The molecule has 0 aromatic heterocycles. The Balaban J connectivity index is 1.40. The first kappa shape index (κ1) is 21.8. The molecule has 3 aromatic rings. The summed E-state index contributed by atoms with van der Waals surface area (Å²) in [5.74, 6) is 2.34. The molecule has 0 fully saturated rings. The summed E-state index contributed by atoms with van der Waals surface area (Å²) in [6, 6.07) is 25.2. The second kappa shape index (κ2) is 11.3. The highest BCUT2D eigenvalue weighted by Gasteiger charge is 2.11. The molecule has 0 aliphatic rings. The summed E-state index contributed by atoms with van der Waals surface area (Å²) in [5.41, 5.74) is 1.68. The fraction of sp³-hybridized carbons (Fsp3) is 0.240. The van der Waals surface area contributed by atoms with E-state index in [-0.39, 0.29) is 11.9 Å². The highest BCUT2D eigenvalue weighted by Crippen LogP contribution is 2.18. The minimum Gasteiger partial charge on any atom is -0.493 e. The van der Waals surface area contributed by atoms with Gasteiger partial charge in [-0.15, -0.1) is 11.8 Å². The number of carbonyl (C=O) groups excluding carboxylic acids is 1. The summed E-state index contributed by atoms with van der Waals surface area (Å²) in [4.78, 5) is 13.7. The molecule has 3 rings (SSSR count). The molecule has 1 N–H and O–H groups in total. The molecule has 3 aromatic carbocycles. The number of hydrogen-bond donors (Lipinski definition) is 1. The van der Waals surface area contributed by atoms with Crippen molar-refractivity contribution in [1.29, 1.82) is 0 Å². The summed E-state index contributed by atoms with van der Waals surface area (Å²) in [7, 11) is 0. The van der Waals surface area contributed by atoms with Gasteiger partial charge in [0.05, 0.1) is 12.6 Å². The van der Waals surface area contributed by atoms with Crippen LogP contribution in [0.3, 0.4) is 0 Å². The third kappa shape index (κ3) is 6.85. The second-order valence-electron chi connectivity index (χ2n) is 6.99. The van der Waals surface area contributed by atoms with Crippen LogP contribution in [0.2, 0.25) is 0 Å². The maximum absolute atomic E-state index is 12.5. The van der Waals surface area contributed by atoms with Crippen molar-refractivity contribution in [1.82, 2.24) is 5.32 Å². The number of para-hydroxylation sites is 1. The molecule has 156 valence electrons. The SMILES string of the molecule is Cc1ccccc1OCC(C)NC(=O)c1ccc(OCCSc2ccccc2)cc1. The van der Waals surface area contributed by atoms with E-state index < -0.39 is 0 Å². The number of aryl methyl sites for hydroxylation is 1. The van der Waals surface area contributed by atoms with E-state index in [1.807, 2.05) is 68.4 Å². The van der Waals surface area contributed by atoms with E-state index in [0.717, 1.165) is 22.8 Å². The van der Waals surface area contributed by atoms with Crippen molar-refractivity contribution < 1.29 is 14.3 Å². The maximum atomic E-state index is 12.5. The number of ether oxygens (including phenoxy) is 2. The molecule has 1 unspecified atom stereocenters. The van der Waals surface area contributed by atoms with E-state index >= 15 is 0 Å². The molecule has 0 saturated carbocycles. The summed E-state index contributed by atoms with van der Waals surface area (Å²) in [6.07, 6.45) is 0. The minimum atomic E-state index is -0.123. The predicted molar refractivity (Wildman–Crippen MR) is 123 cm³/mol. The maximum Gasteiger partial charge on any atom is 0.251 e. The first-order valence-corrected chi connectivity index (χ1v) is 11.0. The van der Waals surface area contributed by atoms with Gasteiger partial charge in [-0.05, 0) is 61.9 Å². The Labute approximate surface area is 182 Å². The number of hydrogen-bond acceptors (Lipinski definition) is 4. The van der Waals surface area contributed by atoms with Crippen LogP contribution in [0.5, 0.6) is 11.5 Å². The molecule has 0 aliphatic carbocycles. The van der Waals surface area contributed by atoms with E-state index in [2.05, 4.69) is 17.4 Å². The van der Waals surface area contributed by atoms with E-state index in [4.69, 9.17) is 9.47 Å². The van der Waals surface area contributed by atoms with Crippen LogP contribution >= 0.6 is 11.8 Å². The van der Waals surface area contributed by atoms with Crippen molar-refractivity contribution in [3.63, 3.8) is 0 Å². The highest BCUT2D eigenvalue weighted by molar-refractivity contribution is 7.99. The summed E-state index contributed by atoms with van der Waals surface area (Å²) >= 11 is 1.76. The molecule has 0 spiro atoms. The van der Waals surface area contributed by atoms with Gasteiger partial charge < -0.3 is 14.8 Å². The molecule has 0 bridgehead atoms. The number of rotatable bonds is 10. The molecule has 5 heteroatoms. The van der Waals surface area contributed by atoms with Gasteiger partial charge in [0.2, 0.25) is 0 Å². The molecule has 0 aliphatic heterocycles. The number of thioether (sulfide) groups is 1. The Hall–Kier alpha value is -2.92. The largest absolute Gasteiger partial charge is 0.493 e. The first-order valence-electron chi connectivity index (χ1n) is 10.0. The van der Waals surface area contributed by atoms with Crippen LogP contribution in [-0.4, -0.2) is 30.9 Å². The smallest absolute Gasteiger partial charge is 0.251 e. The standard InChI is InChI=1S/C25H27NO3S/c1-19-8-6-7-11-24(19)29-18-20(2)26-25(27)21-12-14-22(15-13-21)28-16-17-30-23-9-4-3-5-10-23/h3-15,20H,16-18H2,1-2H3,(H,26,27). The van der Waals surface area contributed by atoms with Gasteiger partial charge in [-0.1, -0.05) is 36.4 Å². The zero-order chi connectivity index (χ0) is 21.2. The lowest BCUT2D eigenvalue weighted by atomic mass is 10.2. The number of nitrogens with one attached hydrogen (secondary N) is 1. The predicted octanol–water partition coefficient (Wildman–Crippen LogP) is 5.36. The molecule has 1 amide bonds. The molecule has 30 heavy (non-hydrogen) atoms. The Kier molecular flexibility index (Phi) is 8.21. The number of amides is 1. The van der Waals surface area contributed by atoms with Crippen LogP contribution < -0.4 is 14.8 Å². The summed E-state index contributed by atoms with van der Waals surface area (Å²) < 4.78 is 11.6. The zero-order valence-corrected chi connectivity index (χ0v) is 18.2. The topological polar surface area (TPSA) is 47.6 Å². The van der Waals surface area contributed by atoms with Gasteiger partial charge in [0.1, 0.15) is 18.1 Å². The van der Waals surface area contributed by atoms with E-state index in [0.29, 0.717) is 18.8 Å². The van der Waals surface area contributed by atoms with Gasteiger partial charge in [0, 0.05) is 16.2 Å². The van der Waals surface area contributed by atoms with Crippen LogP contribution in [0.25, 0.3) is 0 Å². The van der Waals surface area contributed by atoms with Crippen molar-refractivity contribution in [3.05, 3.63) is 90.0 Å². The zero-order valence-electron chi connectivity index (χ0n) is 17.3. The third-order valence-electron chi connectivity index (χ3n) is 4.44. The monoisotopic (exact) mass is 421 g/mol. The minimum absolute atomic E-state index is 0.108. The molecule has 0 radical (unpaired) electrons. The quantitative estimate of drug-likeness (QED) is 0.353. The van der Waals surface area contributed by atoms with Crippen molar-refractivity contribution >= 4 is 17.7 Å². The normalized spacial score (nSPS) is 11.5. The lowest BCUT2D eigenvalue weighted by molar-refractivity contribution is 0.0926. The second-order valence-corrected chi connectivity index (χ2v) is 8.15. The van der Waals surface area contributed by atoms with E-state index in [9.17, 15) is 4.79 Å². The van der Waals surface area contributed by atoms with Crippen LogP contribution in [0.4, 0.5) is 0 Å². The summed E-state index contributed by atoms with van der Waals surface area (Å²) in [6.45, 7) is 4.95. The van der Waals surface area contributed by atoms with E-state index in [1.54, 1.807) is 23.9 Å².